The number of carbonyl (C=O) groups excluding carboxylic acids is 1. The first-order chi connectivity index (χ1) is 4.33. The molecule has 0 aromatic heterocycles. The fourth-order valence-electron chi connectivity index (χ4n) is 0.929. The Morgan fingerprint density at radius 3 is 3.11 bits per heavy atom. The lowest BCUT2D eigenvalue weighted by molar-refractivity contribution is -0.119. The second-order valence-electron chi connectivity index (χ2n) is 2.12. The van der Waals surface area contributed by atoms with E-state index in [1.54, 1.807) is 13.3 Å². The monoisotopic (exact) mass is 126 g/mol. The van der Waals surface area contributed by atoms with Crippen molar-refractivity contribution >= 4 is 12.1 Å². The van der Waals surface area contributed by atoms with Crippen LogP contribution in [0.3, 0.4) is 0 Å². The number of amides is 1. The van der Waals surface area contributed by atoms with Crippen LogP contribution in [0.1, 0.15) is 12.8 Å². The van der Waals surface area contributed by atoms with Gasteiger partial charge in [-0.2, -0.15) is 0 Å². The average molecular weight is 126 g/mol. The van der Waals surface area contributed by atoms with E-state index < -0.39 is 0 Å². The number of rotatable bonds is 1. The minimum Gasteiger partial charge on any atom is -0.348 e. The summed E-state index contributed by atoms with van der Waals surface area (Å²) in [6.45, 7) is 0. The van der Waals surface area contributed by atoms with Gasteiger partial charge >= 0.3 is 0 Å². The first-order valence-corrected chi connectivity index (χ1v) is 3.04. The zero-order valence-electron chi connectivity index (χ0n) is 5.42. The van der Waals surface area contributed by atoms with E-state index in [1.807, 2.05) is 0 Å². The molecule has 0 aromatic rings. The van der Waals surface area contributed by atoms with Crippen LogP contribution in [0, 0.1) is 0 Å². The molecule has 9 heavy (non-hydrogen) atoms. The summed E-state index contributed by atoms with van der Waals surface area (Å²) in [5.74, 6) is 0.139. The minimum atomic E-state index is 0.139. The van der Waals surface area contributed by atoms with E-state index in [1.165, 1.54) is 0 Å². The van der Waals surface area contributed by atoms with Crippen LogP contribution in [0.25, 0.3) is 0 Å². The van der Waals surface area contributed by atoms with Crippen LogP contribution in [0.2, 0.25) is 0 Å². The van der Waals surface area contributed by atoms with Crippen LogP contribution in [-0.4, -0.2) is 25.2 Å². The van der Waals surface area contributed by atoms with Gasteiger partial charge in [-0.05, 0) is 6.42 Å². The van der Waals surface area contributed by atoms with Crippen molar-refractivity contribution in [1.29, 1.82) is 0 Å². The number of carbonyl (C=O) groups is 1. The lowest BCUT2D eigenvalue weighted by Crippen LogP contribution is -2.26. The normalized spacial score (nSPS) is 27.2. The highest BCUT2D eigenvalue weighted by molar-refractivity contribution is 5.84. The second-order valence-corrected chi connectivity index (χ2v) is 2.12. The number of hydrogen-bond donors (Lipinski definition) is 1. The van der Waals surface area contributed by atoms with Crippen molar-refractivity contribution in [3.05, 3.63) is 0 Å². The van der Waals surface area contributed by atoms with Gasteiger partial charge in [0, 0.05) is 19.7 Å². The van der Waals surface area contributed by atoms with Gasteiger partial charge in [-0.15, -0.1) is 0 Å². The maximum atomic E-state index is 10.6. The highest BCUT2D eigenvalue weighted by atomic mass is 16.1. The number of nitrogens with one attached hydrogen (secondary N) is 1. The molecule has 0 radical (unpaired) electrons. The lowest BCUT2D eigenvalue weighted by atomic mass is 10.2. The van der Waals surface area contributed by atoms with E-state index in [0.29, 0.717) is 6.42 Å². The van der Waals surface area contributed by atoms with Crippen LogP contribution < -0.4 is 5.32 Å². The number of nitrogens with zero attached hydrogens (tertiary/aromatic N) is 1. The third kappa shape index (κ3) is 1.52. The van der Waals surface area contributed by atoms with Crippen LogP contribution >= 0.6 is 0 Å². The number of aliphatic imine (C=N–C) groups is 1. The Morgan fingerprint density at radius 1 is 1.89 bits per heavy atom. The van der Waals surface area contributed by atoms with Crippen molar-refractivity contribution in [3.63, 3.8) is 0 Å². The van der Waals surface area contributed by atoms with Crippen LogP contribution in [0.5, 0.6) is 0 Å². The Morgan fingerprint density at radius 2 is 2.67 bits per heavy atom. The Balaban J connectivity index is 2.39. The second kappa shape index (κ2) is 2.62. The largest absolute Gasteiger partial charge is 0.348 e. The molecule has 1 aliphatic rings. The molecular weight excluding hydrogens is 116 g/mol. The van der Waals surface area contributed by atoms with Crippen molar-refractivity contribution in [1.82, 2.24) is 5.32 Å². The van der Waals surface area contributed by atoms with E-state index >= 15 is 0 Å². The molecule has 1 aliphatic heterocycles. The number of hydrogen-bond acceptors (Lipinski definition) is 2. The van der Waals surface area contributed by atoms with E-state index in [0.717, 1.165) is 6.42 Å². The molecule has 1 fully saturated rings. The van der Waals surface area contributed by atoms with E-state index in [4.69, 9.17) is 0 Å². The first-order valence-electron chi connectivity index (χ1n) is 3.04. The van der Waals surface area contributed by atoms with Crippen molar-refractivity contribution in [2.24, 2.45) is 4.99 Å². The molecule has 1 rings (SSSR count). The van der Waals surface area contributed by atoms with E-state index in [-0.39, 0.29) is 11.9 Å². The molecule has 0 saturated carbocycles. The van der Waals surface area contributed by atoms with Gasteiger partial charge in [0.15, 0.2) is 0 Å². The molecule has 1 saturated heterocycles. The molecule has 3 nitrogen and oxygen atoms in total. The molecule has 1 heterocycles. The molecule has 3 heteroatoms. The smallest absolute Gasteiger partial charge is 0.220 e. The highest BCUT2D eigenvalue weighted by Crippen LogP contribution is 2.03. The Kier molecular flexibility index (Phi) is 1.82. The summed E-state index contributed by atoms with van der Waals surface area (Å²) in [5, 5.41) is 2.77. The SMILES string of the molecule is CN=CC1CCC(=O)N1. The fourth-order valence-corrected chi connectivity index (χ4v) is 0.929. The molecule has 50 valence electrons. The third-order valence-electron chi connectivity index (χ3n) is 1.36. The topological polar surface area (TPSA) is 41.5 Å². The van der Waals surface area contributed by atoms with E-state index in [9.17, 15) is 4.79 Å². The minimum absolute atomic E-state index is 0.139. The molecule has 1 N–H and O–H groups in total. The summed E-state index contributed by atoms with van der Waals surface area (Å²) < 4.78 is 0. The third-order valence-corrected chi connectivity index (χ3v) is 1.36. The molecule has 1 atom stereocenters. The van der Waals surface area contributed by atoms with Crippen LogP contribution in [-0.2, 0) is 4.79 Å². The van der Waals surface area contributed by atoms with Crippen molar-refractivity contribution in [2.75, 3.05) is 7.05 Å². The molecule has 0 aromatic carbocycles. The summed E-state index contributed by atoms with van der Waals surface area (Å²) in [5.41, 5.74) is 0. The predicted molar refractivity (Wildman–Crippen MR) is 35.6 cm³/mol. The fraction of sp³-hybridized carbons (Fsp3) is 0.667. The molecule has 1 amide bonds. The van der Waals surface area contributed by atoms with Gasteiger partial charge in [0.05, 0.1) is 6.04 Å². The lowest BCUT2D eigenvalue weighted by Gasteiger charge is -1.98. The highest BCUT2D eigenvalue weighted by Gasteiger charge is 2.17. The summed E-state index contributed by atoms with van der Waals surface area (Å²) in [7, 11) is 1.71. The van der Waals surface area contributed by atoms with Gasteiger partial charge in [-0.3, -0.25) is 9.79 Å². The maximum Gasteiger partial charge on any atom is 0.220 e. The zero-order valence-corrected chi connectivity index (χ0v) is 5.42. The predicted octanol–water partition coefficient (Wildman–Crippen LogP) is -0.0344. The van der Waals surface area contributed by atoms with Gasteiger partial charge in [0.2, 0.25) is 5.91 Å². The standard InChI is InChI=1S/C6H10N2O/c1-7-4-5-2-3-6(9)8-5/h4-5H,2-3H2,1H3,(H,8,9). The van der Waals surface area contributed by atoms with Gasteiger partial charge in [-0.25, -0.2) is 0 Å². The Hall–Kier alpha value is -0.860. The van der Waals surface area contributed by atoms with Gasteiger partial charge in [0.1, 0.15) is 0 Å². The van der Waals surface area contributed by atoms with Gasteiger partial charge < -0.3 is 5.32 Å². The van der Waals surface area contributed by atoms with Crippen molar-refractivity contribution in [3.8, 4) is 0 Å². The van der Waals surface area contributed by atoms with Crippen molar-refractivity contribution < 1.29 is 4.79 Å². The molecule has 1 unspecified atom stereocenters. The Labute approximate surface area is 54.2 Å². The van der Waals surface area contributed by atoms with Crippen molar-refractivity contribution in [2.45, 2.75) is 18.9 Å². The van der Waals surface area contributed by atoms with Gasteiger partial charge in [-0.1, -0.05) is 0 Å². The molecule has 0 spiro atoms. The molecule has 0 bridgehead atoms. The summed E-state index contributed by atoms with van der Waals surface area (Å²) in [6.07, 6.45) is 3.32. The quantitative estimate of drug-likeness (QED) is 0.492. The zero-order chi connectivity index (χ0) is 6.69. The summed E-state index contributed by atoms with van der Waals surface area (Å²) in [4.78, 5) is 14.4. The van der Waals surface area contributed by atoms with Crippen LogP contribution in [0.15, 0.2) is 4.99 Å². The molecule has 0 aliphatic carbocycles. The van der Waals surface area contributed by atoms with Gasteiger partial charge in [0.25, 0.3) is 0 Å². The maximum absolute atomic E-state index is 10.6. The first kappa shape index (κ1) is 6.26. The average Bonchev–Trinajstić information content (AvgIpc) is 2.17. The molecular formula is C6H10N2O. The summed E-state index contributed by atoms with van der Waals surface area (Å²) in [6, 6.07) is 0.197. The summed E-state index contributed by atoms with van der Waals surface area (Å²) >= 11 is 0. The van der Waals surface area contributed by atoms with Crippen LogP contribution in [0.4, 0.5) is 0 Å². The Bertz CT molecular complexity index is 142. The van der Waals surface area contributed by atoms with E-state index in [2.05, 4.69) is 10.3 Å².